The Kier molecular flexibility index (Phi) is 10.2. The van der Waals surface area contributed by atoms with Gasteiger partial charge >= 0.3 is 0 Å². The number of anilines is 1. The molecule has 0 fully saturated rings. The normalized spacial score (nSPS) is 12.1. The highest BCUT2D eigenvalue weighted by Gasteiger charge is 2.32. The molecule has 0 aliphatic heterocycles. The molecule has 208 valence electrons. The maximum absolute atomic E-state index is 13.9. The van der Waals surface area contributed by atoms with E-state index < -0.39 is 28.5 Å². The molecule has 3 aromatic carbocycles. The highest BCUT2D eigenvalue weighted by Crippen LogP contribution is 2.27. The number of benzene rings is 3. The zero-order valence-corrected chi connectivity index (χ0v) is 24.6. The molecule has 7 nitrogen and oxygen atoms in total. The van der Waals surface area contributed by atoms with E-state index in [1.165, 1.54) is 17.0 Å². The second kappa shape index (κ2) is 13.1. The molecule has 3 rings (SSSR count). The average molecular weight is 570 g/mol. The lowest BCUT2D eigenvalue weighted by Gasteiger charge is -2.32. The Morgan fingerprint density at radius 1 is 0.949 bits per heavy atom. The standard InChI is InChI=1S/C30H36ClN3O4S/c1-6-16-32-30(36)24(5)33(19-25-8-7-9-26(31)18-25)29(35)20-34(27-13-12-22(3)23(4)17-27)39(37,38)28-14-10-21(2)11-15-28/h7-15,17-18,24H,6,16,19-20H2,1-5H3,(H,32,36). The Bertz CT molecular complexity index is 1420. The van der Waals surface area contributed by atoms with E-state index in [4.69, 9.17) is 11.6 Å². The van der Waals surface area contributed by atoms with Gasteiger partial charge in [-0.1, -0.05) is 54.4 Å². The summed E-state index contributed by atoms with van der Waals surface area (Å²) in [5.41, 5.74) is 3.92. The third kappa shape index (κ3) is 7.61. The summed E-state index contributed by atoms with van der Waals surface area (Å²) in [4.78, 5) is 28.3. The van der Waals surface area contributed by atoms with Gasteiger partial charge in [0.2, 0.25) is 11.8 Å². The number of carbonyl (C=O) groups excluding carboxylic acids is 2. The molecule has 0 radical (unpaired) electrons. The molecule has 0 aliphatic rings. The van der Waals surface area contributed by atoms with Gasteiger partial charge in [-0.05, 0) is 87.2 Å². The van der Waals surface area contributed by atoms with Gasteiger partial charge in [0.05, 0.1) is 10.6 Å². The van der Waals surface area contributed by atoms with Crippen molar-refractivity contribution >= 4 is 39.1 Å². The van der Waals surface area contributed by atoms with Gasteiger partial charge in [0.1, 0.15) is 12.6 Å². The number of sulfonamides is 1. The van der Waals surface area contributed by atoms with Crippen LogP contribution in [0.5, 0.6) is 0 Å². The van der Waals surface area contributed by atoms with Crippen molar-refractivity contribution in [3.8, 4) is 0 Å². The van der Waals surface area contributed by atoms with Gasteiger partial charge in [0, 0.05) is 18.1 Å². The van der Waals surface area contributed by atoms with Gasteiger partial charge in [-0.15, -0.1) is 0 Å². The molecule has 1 atom stereocenters. The van der Waals surface area contributed by atoms with Crippen molar-refractivity contribution in [1.82, 2.24) is 10.2 Å². The van der Waals surface area contributed by atoms with Crippen LogP contribution in [-0.2, 0) is 26.2 Å². The zero-order valence-electron chi connectivity index (χ0n) is 23.1. The van der Waals surface area contributed by atoms with Crippen molar-refractivity contribution in [2.24, 2.45) is 0 Å². The lowest BCUT2D eigenvalue weighted by Crippen LogP contribution is -2.51. The predicted octanol–water partition coefficient (Wildman–Crippen LogP) is 5.40. The molecule has 0 aliphatic carbocycles. The molecule has 0 aromatic heterocycles. The van der Waals surface area contributed by atoms with Gasteiger partial charge in [0.25, 0.3) is 10.0 Å². The monoisotopic (exact) mass is 569 g/mol. The summed E-state index contributed by atoms with van der Waals surface area (Å²) in [7, 11) is -4.10. The van der Waals surface area contributed by atoms with E-state index in [0.29, 0.717) is 17.3 Å². The van der Waals surface area contributed by atoms with E-state index in [-0.39, 0.29) is 17.3 Å². The first-order valence-electron chi connectivity index (χ1n) is 12.9. The summed E-state index contributed by atoms with van der Waals surface area (Å²) in [6.07, 6.45) is 0.746. The molecule has 0 saturated carbocycles. The fourth-order valence-corrected chi connectivity index (χ4v) is 5.68. The van der Waals surface area contributed by atoms with E-state index in [0.717, 1.165) is 33.0 Å². The lowest BCUT2D eigenvalue weighted by atomic mass is 10.1. The summed E-state index contributed by atoms with van der Waals surface area (Å²) >= 11 is 6.18. The van der Waals surface area contributed by atoms with Crippen LogP contribution in [0.2, 0.25) is 5.02 Å². The number of rotatable bonds is 11. The summed E-state index contributed by atoms with van der Waals surface area (Å²) in [5.74, 6) is -0.825. The molecule has 3 aromatic rings. The number of hydrogen-bond donors (Lipinski definition) is 1. The van der Waals surface area contributed by atoms with Gasteiger partial charge in [0.15, 0.2) is 0 Å². The molecule has 9 heteroatoms. The smallest absolute Gasteiger partial charge is 0.264 e. The Morgan fingerprint density at radius 2 is 1.64 bits per heavy atom. The van der Waals surface area contributed by atoms with E-state index in [9.17, 15) is 18.0 Å². The summed E-state index contributed by atoms with van der Waals surface area (Å²) in [5, 5.41) is 3.34. The van der Waals surface area contributed by atoms with Gasteiger partial charge in [-0.3, -0.25) is 13.9 Å². The predicted molar refractivity (Wildman–Crippen MR) is 156 cm³/mol. The summed E-state index contributed by atoms with van der Waals surface area (Å²) in [6, 6.07) is 18.0. The second-order valence-electron chi connectivity index (χ2n) is 9.71. The molecule has 2 amide bonds. The fourth-order valence-electron chi connectivity index (χ4n) is 4.06. The Balaban J connectivity index is 2.04. The van der Waals surface area contributed by atoms with Crippen LogP contribution in [0.3, 0.4) is 0 Å². The minimum Gasteiger partial charge on any atom is -0.354 e. The molecular formula is C30H36ClN3O4S. The zero-order chi connectivity index (χ0) is 28.7. The van der Waals surface area contributed by atoms with Crippen LogP contribution >= 0.6 is 11.6 Å². The van der Waals surface area contributed by atoms with E-state index in [1.54, 1.807) is 49.4 Å². The number of halogens is 1. The third-order valence-electron chi connectivity index (χ3n) is 6.62. The summed E-state index contributed by atoms with van der Waals surface area (Å²) in [6.45, 7) is 9.36. The maximum Gasteiger partial charge on any atom is 0.264 e. The molecule has 0 spiro atoms. The summed E-state index contributed by atoms with van der Waals surface area (Å²) < 4.78 is 28.9. The largest absolute Gasteiger partial charge is 0.354 e. The number of amides is 2. The van der Waals surface area contributed by atoms with Crippen LogP contribution in [0.4, 0.5) is 5.69 Å². The van der Waals surface area contributed by atoms with Crippen molar-refractivity contribution in [1.29, 1.82) is 0 Å². The van der Waals surface area contributed by atoms with Gasteiger partial charge < -0.3 is 10.2 Å². The van der Waals surface area contributed by atoms with E-state index in [1.807, 2.05) is 39.8 Å². The Morgan fingerprint density at radius 3 is 2.26 bits per heavy atom. The van der Waals surface area contributed by atoms with Crippen LogP contribution in [0.25, 0.3) is 0 Å². The molecule has 0 heterocycles. The highest BCUT2D eigenvalue weighted by molar-refractivity contribution is 7.92. The number of nitrogens with one attached hydrogen (secondary N) is 1. The number of hydrogen-bond acceptors (Lipinski definition) is 4. The molecule has 1 unspecified atom stereocenters. The lowest BCUT2D eigenvalue weighted by molar-refractivity contribution is -0.139. The molecule has 0 bridgehead atoms. The van der Waals surface area contributed by atoms with Crippen LogP contribution in [-0.4, -0.2) is 44.3 Å². The Hall–Kier alpha value is -3.36. The van der Waals surface area contributed by atoms with E-state index >= 15 is 0 Å². The number of nitrogens with zero attached hydrogens (tertiary/aromatic N) is 2. The average Bonchev–Trinajstić information content (AvgIpc) is 2.90. The minimum absolute atomic E-state index is 0.0780. The molecule has 0 saturated heterocycles. The topological polar surface area (TPSA) is 86.8 Å². The number of carbonyl (C=O) groups is 2. The third-order valence-corrected chi connectivity index (χ3v) is 8.65. The van der Waals surface area contributed by atoms with Crippen molar-refractivity contribution in [2.75, 3.05) is 17.4 Å². The van der Waals surface area contributed by atoms with Gasteiger partial charge in [-0.2, -0.15) is 0 Å². The molecule has 1 N–H and O–H groups in total. The first-order valence-corrected chi connectivity index (χ1v) is 14.7. The number of aryl methyl sites for hydroxylation is 3. The Labute approximate surface area is 236 Å². The van der Waals surface area contributed by atoms with E-state index in [2.05, 4.69) is 5.32 Å². The molecular weight excluding hydrogens is 534 g/mol. The van der Waals surface area contributed by atoms with Crippen LogP contribution in [0.1, 0.15) is 42.5 Å². The van der Waals surface area contributed by atoms with Gasteiger partial charge in [-0.25, -0.2) is 8.42 Å². The quantitative estimate of drug-likeness (QED) is 0.335. The van der Waals surface area contributed by atoms with Crippen molar-refractivity contribution < 1.29 is 18.0 Å². The van der Waals surface area contributed by atoms with Crippen LogP contribution in [0, 0.1) is 20.8 Å². The van der Waals surface area contributed by atoms with Crippen molar-refractivity contribution in [3.63, 3.8) is 0 Å². The minimum atomic E-state index is -4.10. The fraction of sp³-hybridized carbons (Fsp3) is 0.333. The highest BCUT2D eigenvalue weighted by atomic mass is 35.5. The first-order chi connectivity index (χ1) is 18.4. The second-order valence-corrected chi connectivity index (χ2v) is 12.0. The first kappa shape index (κ1) is 30.2. The van der Waals surface area contributed by atoms with Crippen molar-refractivity contribution in [2.45, 2.75) is 58.5 Å². The van der Waals surface area contributed by atoms with Crippen LogP contribution in [0.15, 0.2) is 71.6 Å². The van der Waals surface area contributed by atoms with Crippen molar-refractivity contribution in [3.05, 3.63) is 94.0 Å². The molecule has 39 heavy (non-hydrogen) atoms. The maximum atomic E-state index is 13.9. The SMILES string of the molecule is CCCNC(=O)C(C)N(Cc1cccc(Cl)c1)C(=O)CN(c1ccc(C)c(C)c1)S(=O)(=O)c1ccc(C)cc1. The van der Waals surface area contributed by atoms with Crippen LogP contribution < -0.4 is 9.62 Å².